The van der Waals surface area contributed by atoms with Crippen LogP contribution in [-0.2, 0) is 0 Å². The summed E-state index contributed by atoms with van der Waals surface area (Å²) >= 11 is 6.17. The number of hydrogen-bond donors (Lipinski definition) is 0. The van der Waals surface area contributed by atoms with Crippen LogP contribution < -0.4 is 0 Å². The fourth-order valence-electron chi connectivity index (χ4n) is 2.69. The molecular formula is C15H19ClN2O. The summed E-state index contributed by atoms with van der Waals surface area (Å²) in [5.74, 6) is 0.0699. The van der Waals surface area contributed by atoms with Gasteiger partial charge in [0.25, 0.3) is 5.91 Å². The molecule has 102 valence electrons. The van der Waals surface area contributed by atoms with Gasteiger partial charge in [0, 0.05) is 32.2 Å². The predicted octanol–water partition coefficient (Wildman–Crippen LogP) is 2.57. The second-order valence-corrected chi connectivity index (χ2v) is 5.95. The maximum Gasteiger partial charge on any atom is 0.255 e. The zero-order valence-electron chi connectivity index (χ0n) is 11.2. The normalized spacial score (nSPS) is 20.6. The van der Waals surface area contributed by atoms with Crippen molar-refractivity contribution < 1.29 is 4.79 Å². The fourth-order valence-corrected chi connectivity index (χ4v) is 3.01. The standard InChI is InChI=1S/C15H19ClN2O/c1-11-2-5-13(14(16)10-11)15(19)18-8-6-17(7-9-18)12-3-4-12/h2,5,10,12H,3-4,6-9H2,1H3. The topological polar surface area (TPSA) is 23.6 Å². The molecular weight excluding hydrogens is 260 g/mol. The molecule has 0 bridgehead atoms. The van der Waals surface area contributed by atoms with Gasteiger partial charge in [-0.05, 0) is 37.5 Å². The lowest BCUT2D eigenvalue weighted by Crippen LogP contribution is -2.49. The van der Waals surface area contributed by atoms with Crippen molar-refractivity contribution >= 4 is 17.5 Å². The van der Waals surface area contributed by atoms with Crippen LogP contribution in [0.3, 0.4) is 0 Å². The maximum absolute atomic E-state index is 12.4. The van der Waals surface area contributed by atoms with Gasteiger partial charge in [0.2, 0.25) is 0 Å². The third kappa shape index (κ3) is 2.77. The second-order valence-electron chi connectivity index (χ2n) is 5.54. The van der Waals surface area contributed by atoms with Crippen molar-refractivity contribution in [1.82, 2.24) is 9.80 Å². The van der Waals surface area contributed by atoms with Gasteiger partial charge in [0.15, 0.2) is 0 Å². The van der Waals surface area contributed by atoms with Gasteiger partial charge >= 0.3 is 0 Å². The largest absolute Gasteiger partial charge is 0.336 e. The monoisotopic (exact) mass is 278 g/mol. The molecule has 0 unspecified atom stereocenters. The SMILES string of the molecule is Cc1ccc(C(=O)N2CCN(C3CC3)CC2)c(Cl)c1. The van der Waals surface area contributed by atoms with Crippen LogP contribution in [0, 0.1) is 6.92 Å². The number of carbonyl (C=O) groups is 1. The molecule has 1 heterocycles. The van der Waals surface area contributed by atoms with Gasteiger partial charge in [-0.1, -0.05) is 17.7 Å². The molecule has 1 aromatic rings. The molecule has 0 spiro atoms. The fraction of sp³-hybridized carbons (Fsp3) is 0.533. The summed E-state index contributed by atoms with van der Waals surface area (Å²) in [7, 11) is 0. The van der Waals surface area contributed by atoms with E-state index in [0.717, 1.165) is 37.8 Å². The van der Waals surface area contributed by atoms with Crippen LogP contribution in [-0.4, -0.2) is 47.9 Å². The molecule has 1 amide bonds. The van der Waals surface area contributed by atoms with E-state index < -0.39 is 0 Å². The third-order valence-electron chi connectivity index (χ3n) is 4.02. The van der Waals surface area contributed by atoms with Gasteiger partial charge in [-0.15, -0.1) is 0 Å². The summed E-state index contributed by atoms with van der Waals surface area (Å²) in [5.41, 5.74) is 1.72. The Bertz CT molecular complexity index is 491. The van der Waals surface area contributed by atoms with Crippen LogP contribution in [0.25, 0.3) is 0 Å². The summed E-state index contributed by atoms with van der Waals surface area (Å²) in [4.78, 5) is 16.9. The third-order valence-corrected chi connectivity index (χ3v) is 4.33. The van der Waals surface area contributed by atoms with Crippen molar-refractivity contribution in [1.29, 1.82) is 0 Å². The first kappa shape index (κ1) is 12.9. The lowest BCUT2D eigenvalue weighted by Gasteiger charge is -2.35. The Balaban J connectivity index is 1.67. The van der Waals surface area contributed by atoms with Gasteiger partial charge in [0.1, 0.15) is 0 Å². The molecule has 0 radical (unpaired) electrons. The molecule has 0 aromatic heterocycles. The molecule has 1 aliphatic heterocycles. The Labute approximate surface area is 119 Å². The number of hydrogen-bond acceptors (Lipinski definition) is 2. The van der Waals surface area contributed by atoms with E-state index in [0.29, 0.717) is 10.6 Å². The predicted molar refractivity (Wildman–Crippen MR) is 76.7 cm³/mol. The molecule has 1 saturated heterocycles. The van der Waals surface area contributed by atoms with Crippen LogP contribution in [0.5, 0.6) is 0 Å². The van der Waals surface area contributed by atoms with Crippen LogP contribution >= 0.6 is 11.6 Å². The van der Waals surface area contributed by atoms with Crippen LogP contribution in [0.1, 0.15) is 28.8 Å². The molecule has 0 atom stereocenters. The highest BCUT2D eigenvalue weighted by atomic mass is 35.5. The minimum absolute atomic E-state index is 0.0699. The van der Waals surface area contributed by atoms with Gasteiger partial charge < -0.3 is 4.90 Å². The van der Waals surface area contributed by atoms with Crippen molar-refractivity contribution in [3.8, 4) is 0 Å². The summed E-state index contributed by atoms with van der Waals surface area (Å²) < 4.78 is 0. The molecule has 19 heavy (non-hydrogen) atoms. The van der Waals surface area contributed by atoms with E-state index in [1.165, 1.54) is 12.8 Å². The molecule has 1 aliphatic carbocycles. The zero-order chi connectivity index (χ0) is 13.4. The van der Waals surface area contributed by atoms with E-state index in [9.17, 15) is 4.79 Å². The first-order chi connectivity index (χ1) is 9.15. The zero-order valence-corrected chi connectivity index (χ0v) is 12.0. The number of rotatable bonds is 2. The number of aryl methyl sites for hydroxylation is 1. The summed E-state index contributed by atoms with van der Waals surface area (Å²) in [6.45, 7) is 5.62. The van der Waals surface area contributed by atoms with Gasteiger partial charge in [0.05, 0.1) is 10.6 Å². The number of piperazine rings is 1. The highest BCUT2D eigenvalue weighted by molar-refractivity contribution is 6.33. The van der Waals surface area contributed by atoms with Gasteiger partial charge in [-0.25, -0.2) is 0 Å². The maximum atomic E-state index is 12.4. The van der Waals surface area contributed by atoms with Crippen LogP contribution in [0.2, 0.25) is 5.02 Å². The van der Waals surface area contributed by atoms with E-state index in [1.807, 2.05) is 30.0 Å². The number of nitrogens with zero attached hydrogens (tertiary/aromatic N) is 2. The number of benzene rings is 1. The average molecular weight is 279 g/mol. The lowest BCUT2D eigenvalue weighted by atomic mass is 10.1. The molecule has 3 nitrogen and oxygen atoms in total. The molecule has 1 aromatic carbocycles. The van der Waals surface area contributed by atoms with E-state index in [-0.39, 0.29) is 5.91 Å². The molecule has 1 saturated carbocycles. The smallest absolute Gasteiger partial charge is 0.255 e. The minimum atomic E-state index is 0.0699. The van der Waals surface area contributed by atoms with Crippen molar-refractivity contribution in [3.63, 3.8) is 0 Å². The van der Waals surface area contributed by atoms with E-state index in [2.05, 4.69) is 4.90 Å². The Kier molecular flexibility index (Phi) is 3.50. The summed E-state index contributed by atoms with van der Waals surface area (Å²) in [5, 5.41) is 0.564. The molecule has 4 heteroatoms. The Morgan fingerprint density at radius 3 is 2.47 bits per heavy atom. The quantitative estimate of drug-likeness (QED) is 0.830. The average Bonchev–Trinajstić information content (AvgIpc) is 3.22. The molecule has 2 aliphatic rings. The molecule has 0 N–H and O–H groups in total. The number of halogens is 1. The Morgan fingerprint density at radius 1 is 1.21 bits per heavy atom. The second kappa shape index (κ2) is 5.14. The first-order valence-corrected chi connectivity index (χ1v) is 7.32. The summed E-state index contributed by atoms with van der Waals surface area (Å²) in [6.07, 6.45) is 2.66. The highest BCUT2D eigenvalue weighted by Gasteiger charge is 2.32. The highest BCUT2D eigenvalue weighted by Crippen LogP contribution is 2.28. The van der Waals surface area contributed by atoms with E-state index >= 15 is 0 Å². The summed E-state index contributed by atoms with van der Waals surface area (Å²) in [6, 6.07) is 6.43. The van der Waals surface area contributed by atoms with Crippen molar-refractivity contribution in [2.45, 2.75) is 25.8 Å². The Hall–Kier alpha value is -1.06. The van der Waals surface area contributed by atoms with E-state index in [1.54, 1.807) is 0 Å². The lowest BCUT2D eigenvalue weighted by molar-refractivity contribution is 0.0627. The number of amides is 1. The van der Waals surface area contributed by atoms with Crippen LogP contribution in [0.4, 0.5) is 0 Å². The molecule has 2 fully saturated rings. The minimum Gasteiger partial charge on any atom is -0.336 e. The van der Waals surface area contributed by atoms with Crippen molar-refractivity contribution in [2.75, 3.05) is 26.2 Å². The van der Waals surface area contributed by atoms with Gasteiger partial charge in [-0.3, -0.25) is 9.69 Å². The Morgan fingerprint density at radius 2 is 1.89 bits per heavy atom. The van der Waals surface area contributed by atoms with E-state index in [4.69, 9.17) is 11.6 Å². The van der Waals surface area contributed by atoms with Crippen molar-refractivity contribution in [3.05, 3.63) is 34.3 Å². The first-order valence-electron chi connectivity index (χ1n) is 6.94. The number of carbonyl (C=O) groups excluding carboxylic acids is 1. The van der Waals surface area contributed by atoms with Crippen LogP contribution in [0.15, 0.2) is 18.2 Å². The van der Waals surface area contributed by atoms with Crippen molar-refractivity contribution in [2.24, 2.45) is 0 Å². The van der Waals surface area contributed by atoms with Gasteiger partial charge in [-0.2, -0.15) is 0 Å². The molecule has 3 rings (SSSR count).